The quantitative estimate of drug-likeness (QED) is 0.570. The highest BCUT2D eigenvalue weighted by Gasteiger charge is 2.49. The third-order valence-electron chi connectivity index (χ3n) is 2.95. The van der Waals surface area contributed by atoms with Crippen LogP contribution >= 0.6 is 31.5 Å². The minimum atomic E-state index is -1.25. The molecule has 2 saturated heterocycles. The zero-order valence-corrected chi connectivity index (χ0v) is 13.3. The largest absolute Gasteiger partial charge is 0.469 e. The molecule has 0 aromatic heterocycles. The molecule has 0 spiro atoms. The molecule has 8 heteroatoms. The van der Waals surface area contributed by atoms with Crippen molar-refractivity contribution >= 4 is 42.2 Å². The van der Waals surface area contributed by atoms with Crippen LogP contribution in [0.4, 0.5) is 4.39 Å². The molecule has 2 rings (SSSR count). The summed E-state index contributed by atoms with van der Waals surface area (Å²) in [6.07, 6.45) is 2.92. The van der Waals surface area contributed by atoms with E-state index in [-0.39, 0.29) is 12.7 Å². The number of thiocarbonyl (C=S) groups is 1. The van der Waals surface area contributed by atoms with Gasteiger partial charge in [-0.1, -0.05) is 11.8 Å². The molecule has 2 fully saturated rings. The Bertz CT molecular complexity index is 371. The Labute approximate surface area is 122 Å². The smallest absolute Gasteiger partial charge is 0.324 e. The summed E-state index contributed by atoms with van der Waals surface area (Å²) in [6.45, 7) is 2.29. The summed E-state index contributed by atoms with van der Waals surface area (Å²) in [5, 5.41) is 0. The predicted octanol–water partition coefficient (Wildman–Crippen LogP) is 2.00. The van der Waals surface area contributed by atoms with E-state index < -0.39 is 32.0 Å². The average molecular weight is 327 g/mol. The van der Waals surface area contributed by atoms with E-state index in [1.807, 2.05) is 6.66 Å². The summed E-state index contributed by atoms with van der Waals surface area (Å²) in [6, 6.07) is -0.404. The minimum absolute atomic E-state index is 0.0223. The van der Waals surface area contributed by atoms with Gasteiger partial charge in [0.15, 0.2) is 12.3 Å². The maximum atomic E-state index is 14.0. The number of hydrogen-bond donors (Lipinski definition) is 0. The second kappa shape index (κ2) is 6.78. The van der Waals surface area contributed by atoms with Gasteiger partial charge in [-0.2, -0.15) is 0 Å². The highest BCUT2D eigenvalue weighted by Crippen LogP contribution is 2.35. The third kappa shape index (κ3) is 3.65. The number of thioether (sulfide) groups is 1. The molecule has 0 aromatic carbocycles. The summed E-state index contributed by atoms with van der Waals surface area (Å²) in [4.78, 5) is 0. The standard InChI is InChI=1S/C11H17FO4PS2/c1-17(2)10-14-5-7-9(15-10)8(6(12)4-13-7)16-11(18)19-3/h6-10H,1,4-5H2,2-3H3/q+1. The van der Waals surface area contributed by atoms with Gasteiger partial charge in [-0.25, -0.2) is 4.39 Å². The van der Waals surface area contributed by atoms with Gasteiger partial charge in [0.2, 0.25) is 4.38 Å². The summed E-state index contributed by atoms with van der Waals surface area (Å²) < 4.78 is 36.5. The number of halogens is 1. The SMILES string of the molecule is C=[P+](C)C1OCC2OCC(F)C(OC(=S)SC)C2O1. The number of ether oxygens (including phenoxy) is 4. The van der Waals surface area contributed by atoms with Crippen LogP contribution in [-0.2, 0) is 18.9 Å². The van der Waals surface area contributed by atoms with Crippen molar-refractivity contribution in [3.63, 3.8) is 0 Å². The van der Waals surface area contributed by atoms with Gasteiger partial charge in [0.25, 0.3) is 0 Å². The second-order valence-corrected chi connectivity index (χ2v) is 7.77. The molecule has 4 nitrogen and oxygen atoms in total. The van der Waals surface area contributed by atoms with Crippen LogP contribution < -0.4 is 0 Å². The number of hydrogen-bond acceptors (Lipinski definition) is 6. The van der Waals surface area contributed by atoms with Crippen molar-refractivity contribution in [2.45, 2.75) is 30.5 Å². The lowest BCUT2D eigenvalue weighted by molar-refractivity contribution is -0.276. The monoisotopic (exact) mass is 327 g/mol. The molecule has 0 aromatic rings. The minimum Gasteiger partial charge on any atom is -0.469 e. The Balaban J connectivity index is 2.09. The van der Waals surface area contributed by atoms with Crippen molar-refractivity contribution in [3.05, 3.63) is 0 Å². The lowest BCUT2D eigenvalue weighted by Crippen LogP contribution is -2.59. The number of alkyl halides is 1. The summed E-state index contributed by atoms with van der Waals surface area (Å²) in [5.74, 6) is 0. The number of fused-ring (bicyclic) bond motifs is 1. The summed E-state index contributed by atoms with van der Waals surface area (Å²) in [7, 11) is -0.674. The first-order valence-electron chi connectivity index (χ1n) is 5.83. The van der Waals surface area contributed by atoms with Crippen LogP contribution in [0.15, 0.2) is 0 Å². The lowest BCUT2D eigenvalue weighted by atomic mass is 10.0. The van der Waals surface area contributed by atoms with Crippen molar-refractivity contribution in [1.29, 1.82) is 0 Å². The highest BCUT2D eigenvalue weighted by atomic mass is 32.2. The van der Waals surface area contributed by atoms with Gasteiger partial charge in [-0.15, -0.1) is 0 Å². The van der Waals surface area contributed by atoms with E-state index in [1.54, 1.807) is 6.26 Å². The van der Waals surface area contributed by atoms with E-state index in [2.05, 4.69) is 6.30 Å². The first-order valence-corrected chi connectivity index (χ1v) is 9.51. The molecule has 19 heavy (non-hydrogen) atoms. The fraction of sp³-hybridized carbons (Fsp3) is 0.818. The van der Waals surface area contributed by atoms with Gasteiger partial charge < -0.3 is 18.9 Å². The van der Waals surface area contributed by atoms with Crippen LogP contribution in [0.1, 0.15) is 0 Å². The average Bonchev–Trinajstić information content (AvgIpc) is 2.41. The zero-order valence-electron chi connectivity index (χ0n) is 10.8. The van der Waals surface area contributed by atoms with Gasteiger partial charge in [0, 0.05) is 0 Å². The van der Waals surface area contributed by atoms with Crippen LogP contribution in [0.25, 0.3) is 0 Å². The molecule has 2 heterocycles. The van der Waals surface area contributed by atoms with Crippen LogP contribution in [0.2, 0.25) is 0 Å². The van der Waals surface area contributed by atoms with Gasteiger partial charge in [-0.3, -0.25) is 0 Å². The predicted molar refractivity (Wildman–Crippen MR) is 80.2 cm³/mol. The van der Waals surface area contributed by atoms with E-state index in [1.165, 1.54) is 11.8 Å². The lowest BCUT2D eigenvalue weighted by Gasteiger charge is -2.42. The fourth-order valence-corrected chi connectivity index (χ4v) is 3.02. The van der Waals surface area contributed by atoms with Gasteiger partial charge in [-0.05, 0) is 18.5 Å². The maximum Gasteiger partial charge on any atom is 0.324 e. The van der Waals surface area contributed by atoms with Gasteiger partial charge in [0.1, 0.15) is 26.4 Å². The van der Waals surface area contributed by atoms with Crippen LogP contribution in [0, 0.1) is 0 Å². The molecule has 108 valence electrons. The van der Waals surface area contributed by atoms with E-state index in [9.17, 15) is 4.39 Å². The van der Waals surface area contributed by atoms with Gasteiger partial charge in [0.05, 0.1) is 19.5 Å². The molecule has 6 unspecified atom stereocenters. The molecule has 2 aliphatic rings. The Kier molecular flexibility index (Phi) is 5.57. The normalized spacial score (nSPS) is 39.3. The van der Waals surface area contributed by atoms with E-state index in [4.69, 9.17) is 31.2 Å². The topological polar surface area (TPSA) is 36.9 Å². The molecule has 0 N–H and O–H groups in total. The highest BCUT2D eigenvalue weighted by molar-refractivity contribution is 8.22. The second-order valence-electron chi connectivity index (χ2n) is 4.42. The summed E-state index contributed by atoms with van der Waals surface area (Å²) >= 11 is 6.28. The molecule has 0 radical (unpaired) electrons. The van der Waals surface area contributed by atoms with Crippen molar-refractivity contribution in [2.24, 2.45) is 0 Å². The third-order valence-corrected chi connectivity index (χ3v) is 4.97. The fourth-order valence-electron chi connectivity index (χ4n) is 2.01. The number of rotatable bonds is 2. The Morgan fingerprint density at radius 3 is 2.84 bits per heavy atom. The Morgan fingerprint density at radius 1 is 1.47 bits per heavy atom. The zero-order chi connectivity index (χ0) is 14.0. The molecule has 0 saturated carbocycles. The van der Waals surface area contributed by atoms with Crippen LogP contribution in [0.5, 0.6) is 0 Å². The van der Waals surface area contributed by atoms with E-state index in [0.717, 1.165) is 0 Å². The molecule has 6 atom stereocenters. The Hall–Kier alpha value is 0.220. The molecule has 0 bridgehead atoms. The van der Waals surface area contributed by atoms with E-state index >= 15 is 0 Å². The van der Waals surface area contributed by atoms with Crippen molar-refractivity contribution < 1.29 is 23.3 Å². The maximum absolute atomic E-state index is 14.0. The first-order chi connectivity index (χ1) is 9.02. The molecule has 2 aliphatic heterocycles. The molecule has 0 aliphatic carbocycles. The van der Waals surface area contributed by atoms with Crippen LogP contribution in [-0.4, -0.2) is 67.3 Å². The molecule has 0 amide bonds. The van der Waals surface area contributed by atoms with Crippen molar-refractivity contribution in [1.82, 2.24) is 0 Å². The molecular formula is C11H17FO4PS2+. The van der Waals surface area contributed by atoms with Gasteiger partial charge >= 0.3 is 6.03 Å². The van der Waals surface area contributed by atoms with E-state index in [0.29, 0.717) is 11.0 Å². The molecular weight excluding hydrogens is 310 g/mol. The van der Waals surface area contributed by atoms with Crippen molar-refractivity contribution in [3.8, 4) is 0 Å². The van der Waals surface area contributed by atoms with Crippen LogP contribution in [0.3, 0.4) is 0 Å². The summed E-state index contributed by atoms with van der Waals surface area (Å²) in [5.41, 5.74) is 0. The Morgan fingerprint density at radius 2 is 2.21 bits per heavy atom. The van der Waals surface area contributed by atoms with Crippen molar-refractivity contribution in [2.75, 3.05) is 26.1 Å². The first kappa shape index (κ1) is 15.6.